The number of rotatable bonds is 8. The molecule has 0 amide bonds. The number of ether oxygens (including phenoxy) is 1. The average Bonchev–Trinajstić information content (AvgIpc) is 2.81. The first-order chi connectivity index (χ1) is 8.08. The van der Waals surface area contributed by atoms with Gasteiger partial charge in [0.15, 0.2) is 0 Å². The van der Waals surface area contributed by atoms with Crippen LogP contribution in [0.1, 0.15) is 38.6 Å². The summed E-state index contributed by atoms with van der Waals surface area (Å²) in [5.74, 6) is 0.721. The minimum Gasteiger partial charge on any atom is -0.383 e. The first-order valence-electron chi connectivity index (χ1n) is 6.22. The molecule has 1 rings (SSSR count). The van der Waals surface area contributed by atoms with Gasteiger partial charge in [-0.3, -0.25) is 0 Å². The second-order valence-electron chi connectivity index (χ2n) is 5.02. The zero-order valence-corrected chi connectivity index (χ0v) is 12.1. The first-order valence-corrected chi connectivity index (χ1v) is 7.10. The smallest absolute Gasteiger partial charge is 0.112 e. The van der Waals surface area contributed by atoms with Gasteiger partial charge in [-0.1, -0.05) is 13.8 Å². The van der Waals surface area contributed by atoms with E-state index >= 15 is 0 Å². The molecule has 0 bridgehead atoms. The van der Waals surface area contributed by atoms with Crippen LogP contribution in [0.25, 0.3) is 0 Å². The molecule has 0 aliphatic carbocycles. The highest BCUT2D eigenvalue weighted by Gasteiger charge is 2.28. The van der Waals surface area contributed by atoms with Gasteiger partial charge in [0.1, 0.15) is 5.01 Å². The maximum Gasteiger partial charge on any atom is 0.112 e. The molecular formula is C13H24N2OS. The van der Waals surface area contributed by atoms with Crippen LogP contribution in [0.5, 0.6) is 0 Å². The highest BCUT2D eigenvalue weighted by molar-refractivity contribution is 7.09. The van der Waals surface area contributed by atoms with Gasteiger partial charge in [-0.15, -0.1) is 11.3 Å². The topological polar surface area (TPSA) is 34.1 Å². The van der Waals surface area contributed by atoms with Crippen molar-refractivity contribution in [3.8, 4) is 0 Å². The Kier molecular flexibility index (Phi) is 6.09. The normalized spacial score (nSPS) is 15.1. The number of methoxy groups -OCH3 is 1. The largest absolute Gasteiger partial charge is 0.383 e. The molecule has 4 heteroatoms. The molecule has 0 saturated heterocycles. The summed E-state index contributed by atoms with van der Waals surface area (Å²) in [5.41, 5.74) is -0.0169. The van der Waals surface area contributed by atoms with Crippen LogP contribution in [-0.2, 0) is 10.3 Å². The van der Waals surface area contributed by atoms with Crippen molar-refractivity contribution in [1.82, 2.24) is 10.3 Å². The summed E-state index contributed by atoms with van der Waals surface area (Å²) in [6.07, 6.45) is 4.20. The number of nitrogens with one attached hydrogen (secondary N) is 1. The van der Waals surface area contributed by atoms with Gasteiger partial charge in [0, 0.05) is 25.2 Å². The predicted octanol–water partition coefficient (Wildman–Crippen LogP) is 3.03. The van der Waals surface area contributed by atoms with E-state index in [1.165, 1.54) is 11.4 Å². The predicted molar refractivity (Wildman–Crippen MR) is 73.4 cm³/mol. The Morgan fingerprint density at radius 3 is 2.82 bits per heavy atom. The Morgan fingerprint density at radius 1 is 1.53 bits per heavy atom. The third kappa shape index (κ3) is 4.74. The van der Waals surface area contributed by atoms with E-state index in [2.05, 4.69) is 31.1 Å². The lowest BCUT2D eigenvalue weighted by Crippen LogP contribution is -2.41. The van der Waals surface area contributed by atoms with Crippen LogP contribution in [0.3, 0.4) is 0 Å². The quantitative estimate of drug-likeness (QED) is 0.726. The fraction of sp³-hybridized carbons (Fsp3) is 0.769. The summed E-state index contributed by atoms with van der Waals surface area (Å²) in [6, 6.07) is 0. The molecule has 0 aliphatic heterocycles. The average molecular weight is 256 g/mol. The van der Waals surface area contributed by atoms with Crippen LogP contribution in [0.2, 0.25) is 0 Å². The molecule has 1 aromatic rings. The molecule has 17 heavy (non-hydrogen) atoms. The molecule has 1 unspecified atom stereocenters. The van der Waals surface area contributed by atoms with Crippen molar-refractivity contribution in [3.63, 3.8) is 0 Å². The van der Waals surface area contributed by atoms with E-state index in [-0.39, 0.29) is 5.54 Å². The molecule has 1 N–H and O–H groups in total. The molecule has 0 saturated carbocycles. The second-order valence-corrected chi connectivity index (χ2v) is 5.92. The molecule has 3 nitrogen and oxygen atoms in total. The van der Waals surface area contributed by atoms with Crippen molar-refractivity contribution in [1.29, 1.82) is 0 Å². The van der Waals surface area contributed by atoms with E-state index in [4.69, 9.17) is 4.74 Å². The minimum absolute atomic E-state index is 0.0169. The van der Waals surface area contributed by atoms with Crippen molar-refractivity contribution in [2.24, 2.45) is 5.92 Å². The van der Waals surface area contributed by atoms with Gasteiger partial charge < -0.3 is 10.1 Å². The Bertz CT molecular complexity index is 300. The minimum atomic E-state index is -0.0169. The van der Waals surface area contributed by atoms with Crippen molar-refractivity contribution in [2.75, 3.05) is 20.3 Å². The zero-order chi connectivity index (χ0) is 12.7. The number of thiazole rings is 1. The van der Waals surface area contributed by atoms with Gasteiger partial charge in [0.05, 0.1) is 12.1 Å². The van der Waals surface area contributed by atoms with Gasteiger partial charge in [-0.2, -0.15) is 0 Å². The number of nitrogens with zero attached hydrogens (tertiary/aromatic N) is 1. The molecule has 0 aromatic carbocycles. The molecular weight excluding hydrogens is 232 g/mol. The maximum absolute atomic E-state index is 5.10. The lowest BCUT2D eigenvalue weighted by atomic mass is 9.92. The molecule has 0 aliphatic rings. The maximum atomic E-state index is 5.10. The lowest BCUT2D eigenvalue weighted by Gasteiger charge is -2.29. The summed E-state index contributed by atoms with van der Waals surface area (Å²) in [4.78, 5) is 4.46. The van der Waals surface area contributed by atoms with E-state index in [0.29, 0.717) is 0 Å². The van der Waals surface area contributed by atoms with E-state index in [1.54, 1.807) is 18.4 Å². The molecule has 0 radical (unpaired) electrons. The van der Waals surface area contributed by atoms with Gasteiger partial charge in [0.2, 0.25) is 0 Å². The van der Waals surface area contributed by atoms with Crippen molar-refractivity contribution >= 4 is 11.3 Å². The monoisotopic (exact) mass is 256 g/mol. The molecule has 1 atom stereocenters. The Balaban J connectivity index is 2.63. The van der Waals surface area contributed by atoms with Gasteiger partial charge >= 0.3 is 0 Å². The third-order valence-electron chi connectivity index (χ3n) is 2.95. The van der Waals surface area contributed by atoms with Gasteiger partial charge in [-0.05, 0) is 25.7 Å². The summed E-state index contributed by atoms with van der Waals surface area (Å²) in [5, 5.41) is 6.80. The Labute approximate surface area is 109 Å². The van der Waals surface area contributed by atoms with Crippen molar-refractivity contribution in [3.05, 3.63) is 16.6 Å². The van der Waals surface area contributed by atoms with Crippen LogP contribution in [0.4, 0.5) is 0 Å². The van der Waals surface area contributed by atoms with Gasteiger partial charge in [-0.25, -0.2) is 4.98 Å². The summed E-state index contributed by atoms with van der Waals surface area (Å²) >= 11 is 1.73. The second kappa shape index (κ2) is 7.09. The van der Waals surface area contributed by atoms with Crippen LogP contribution in [-0.4, -0.2) is 25.2 Å². The summed E-state index contributed by atoms with van der Waals surface area (Å²) in [7, 11) is 1.73. The zero-order valence-electron chi connectivity index (χ0n) is 11.3. The van der Waals surface area contributed by atoms with Crippen LogP contribution < -0.4 is 5.32 Å². The third-order valence-corrected chi connectivity index (χ3v) is 3.98. The SMILES string of the molecule is COCCNC(C)(CCC(C)C)c1nccs1. The Morgan fingerprint density at radius 2 is 2.29 bits per heavy atom. The van der Waals surface area contributed by atoms with Crippen LogP contribution in [0, 0.1) is 5.92 Å². The van der Waals surface area contributed by atoms with E-state index < -0.39 is 0 Å². The lowest BCUT2D eigenvalue weighted by molar-refractivity contribution is 0.182. The molecule has 0 fully saturated rings. The summed E-state index contributed by atoms with van der Waals surface area (Å²) in [6.45, 7) is 8.37. The van der Waals surface area contributed by atoms with Crippen molar-refractivity contribution < 1.29 is 4.74 Å². The highest BCUT2D eigenvalue weighted by Crippen LogP contribution is 2.29. The van der Waals surface area contributed by atoms with E-state index in [1.807, 2.05) is 11.6 Å². The van der Waals surface area contributed by atoms with Crippen LogP contribution >= 0.6 is 11.3 Å². The fourth-order valence-corrected chi connectivity index (χ4v) is 2.58. The highest BCUT2D eigenvalue weighted by atomic mass is 32.1. The molecule has 0 spiro atoms. The Hall–Kier alpha value is -0.450. The molecule has 1 heterocycles. The molecule has 98 valence electrons. The summed E-state index contributed by atoms with van der Waals surface area (Å²) < 4.78 is 5.10. The van der Waals surface area contributed by atoms with E-state index in [9.17, 15) is 0 Å². The number of hydrogen-bond donors (Lipinski definition) is 1. The van der Waals surface area contributed by atoms with E-state index in [0.717, 1.165) is 25.5 Å². The van der Waals surface area contributed by atoms with Crippen LogP contribution in [0.15, 0.2) is 11.6 Å². The van der Waals surface area contributed by atoms with Gasteiger partial charge in [0.25, 0.3) is 0 Å². The fourth-order valence-electron chi connectivity index (χ4n) is 1.77. The van der Waals surface area contributed by atoms with Crippen molar-refractivity contribution in [2.45, 2.75) is 39.2 Å². The standard InChI is InChI=1S/C13H24N2OS/c1-11(2)5-6-13(3,15-7-9-16-4)12-14-8-10-17-12/h8,10-11,15H,5-7,9H2,1-4H3. The number of hydrogen-bond acceptors (Lipinski definition) is 4. The number of aromatic nitrogens is 1. The molecule has 1 aromatic heterocycles. The first kappa shape index (κ1) is 14.6.